The zero-order valence-electron chi connectivity index (χ0n) is 10.3. The van der Waals surface area contributed by atoms with Crippen LogP contribution in [0.2, 0.25) is 0 Å². The Morgan fingerprint density at radius 3 is 2.83 bits per heavy atom. The highest BCUT2D eigenvalue weighted by Gasteiger charge is 2.25. The number of morpholine rings is 1. The van der Waals surface area contributed by atoms with Crippen molar-refractivity contribution in [1.82, 2.24) is 4.90 Å². The van der Waals surface area contributed by atoms with Gasteiger partial charge in [-0.2, -0.15) is 0 Å². The molecule has 1 amide bonds. The van der Waals surface area contributed by atoms with E-state index in [1.807, 2.05) is 0 Å². The van der Waals surface area contributed by atoms with Crippen LogP contribution in [0, 0.1) is 0 Å². The lowest BCUT2D eigenvalue weighted by molar-refractivity contribution is -0.135. The minimum absolute atomic E-state index is 0.141. The normalized spacial score (nSPS) is 19.3. The van der Waals surface area contributed by atoms with Gasteiger partial charge in [0, 0.05) is 19.5 Å². The van der Waals surface area contributed by atoms with Gasteiger partial charge < -0.3 is 14.4 Å². The third kappa shape index (κ3) is 2.76. The van der Waals surface area contributed by atoms with Gasteiger partial charge in [0.1, 0.15) is 11.4 Å². The molecule has 1 fully saturated rings. The Balaban J connectivity index is 1.97. The van der Waals surface area contributed by atoms with E-state index in [2.05, 4.69) is 4.99 Å². The van der Waals surface area contributed by atoms with Crippen molar-refractivity contribution >= 4 is 17.6 Å². The van der Waals surface area contributed by atoms with Crippen molar-refractivity contribution in [3.8, 4) is 0 Å². The maximum absolute atomic E-state index is 12.1. The van der Waals surface area contributed by atoms with Crippen molar-refractivity contribution in [1.29, 1.82) is 0 Å². The van der Waals surface area contributed by atoms with Gasteiger partial charge in [0.25, 0.3) is 5.91 Å². The summed E-state index contributed by atoms with van der Waals surface area (Å²) < 4.78 is 10.0. The molecule has 0 N–H and O–H groups in total. The highest BCUT2D eigenvalue weighted by Crippen LogP contribution is 2.15. The summed E-state index contributed by atoms with van der Waals surface area (Å²) in [6.07, 6.45) is 2.04. The van der Waals surface area contributed by atoms with Crippen molar-refractivity contribution in [3.63, 3.8) is 0 Å². The molecule has 0 aliphatic carbocycles. The van der Waals surface area contributed by atoms with Crippen molar-refractivity contribution in [2.75, 3.05) is 32.9 Å². The molecule has 0 unspecified atom stereocenters. The van der Waals surface area contributed by atoms with E-state index in [0.717, 1.165) is 0 Å². The van der Waals surface area contributed by atoms with Crippen molar-refractivity contribution in [3.05, 3.63) is 11.8 Å². The summed E-state index contributed by atoms with van der Waals surface area (Å²) in [5.74, 6) is -0.587. The lowest BCUT2D eigenvalue weighted by Crippen LogP contribution is -2.41. The summed E-state index contributed by atoms with van der Waals surface area (Å²) in [5.41, 5.74) is 0.633. The van der Waals surface area contributed by atoms with E-state index in [-0.39, 0.29) is 5.91 Å². The minimum atomic E-state index is -0.446. The number of hydrogen-bond acceptors (Lipinski definition) is 5. The Labute approximate surface area is 105 Å². The number of esters is 1. The molecule has 0 spiro atoms. The van der Waals surface area contributed by atoms with Crippen LogP contribution in [-0.4, -0.2) is 55.4 Å². The lowest BCUT2D eigenvalue weighted by Gasteiger charge is -2.26. The molecule has 2 heterocycles. The molecule has 6 nitrogen and oxygen atoms in total. The first-order valence-electron chi connectivity index (χ1n) is 6.04. The van der Waals surface area contributed by atoms with Gasteiger partial charge in [-0.05, 0) is 13.0 Å². The quantitative estimate of drug-likeness (QED) is 0.670. The molecule has 0 aromatic carbocycles. The first-order chi connectivity index (χ1) is 8.72. The molecule has 18 heavy (non-hydrogen) atoms. The third-order valence-electron chi connectivity index (χ3n) is 2.77. The molecule has 2 aliphatic rings. The fourth-order valence-corrected chi connectivity index (χ4v) is 1.84. The van der Waals surface area contributed by atoms with Gasteiger partial charge in [0.15, 0.2) is 0 Å². The molecule has 0 radical (unpaired) electrons. The van der Waals surface area contributed by atoms with Crippen LogP contribution in [-0.2, 0) is 19.1 Å². The lowest BCUT2D eigenvalue weighted by atomic mass is 10.3. The van der Waals surface area contributed by atoms with Crippen LogP contribution in [0.3, 0.4) is 0 Å². The molecule has 6 heteroatoms. The van der Waals surface area contributed by atoms with Crippen molar-refractivity contribution in [2.24, 2.45) is 4.99 Å². The van der Waals surface area contributed by atoms with E-state index in [1.54, 1.807) is 17.9 Å². The van der Waals surface area contributed by atoms with Crippen molar-refractivity contribution in [2.45, 2.75) is 13.3 Å². The first kappa shape index (κ1) is 12.8. The summed E-state index contributed by atoms with van der Waals surface area (Å²) in [6.45, 7) is 4.28. The van der Waals surface area contributed by atoms with E-state index >= 15 is 0 Å². The highest BCUT2D eigenvalue weighted by molar-refractivity contribution is 6.38. The van der Waals surface area contributed by atoms with Crippen molar-refractivity contribution < 1.29 is 19.1 Å². The summed E-state index contributed by atoms with van der Waals surface area (Å²) in [6, 6.07) is 0. The Morgan fingerprint density at radius 2 is 2.17 bits per heavy atom. The van der Waals surface area contributed by atoms with Gasteiger partial charge in [-0.15, -0.1) is 0 Å². The summed E-state index contributed by atoms with van der Waals surface area (Å²) in [5, 5.41) is 0. The predicted octanol–water partition coefficient (Wildman–Crippen LogP) is 0.137. The molecule has 98 valence electrons. The summed E-state index contributed by atoms with van der Waals surface area (Å²) in [7, 11) is 0. The molecule has 0 aromatic heterocycles. The number of hydrogen-bond donors (Lipinski definition) is 0. The largest absolute Gasteiger partial charge is 0.461 e. The molecule has 0 atom stereocenters. The molecule has 0 aromatic rings. The van der Waals surface area contributed by atoms with E-state index in [4.69, 9.17) is 9.47 Å². The smallest absolute Gasteiger partial charge is 0.352 e. The second-order valence-corrected chi connectivity index (χ2v) is 3.98. The molecular weight excluding hydrogens is 236 g/mol. The molecular formula is C12H16N2O4. The van der Waals surface area contributed by atoms with Crippen LogP contribution < -0.4 is 0 Å². The van der Waals surface area contributed by atoms with Crippen LogP contribution >= 0.6 is 0 Å². The number of amides is 1. The van der Waals surface area contributed by atoms with Crippen LogP contribution in [0.25, 0.3) is 0 Å². The average molecular weight is 252 g/mol. The topological polar surface area (TPSA) is 68.2 Å². The second kappa shape index (κ2) is 5.77. The van der Waals surface area contributed by atoms with Crippen LogP contribution in [0.5, 0.6) is 0 Å². The van der Waals surface area contributed by atoms with Crippen LogP contribution in [0.4, 0.5) is 0 Å². The van der Waals surface area contributed by atoms with E-state index in [1.165, 1.54) is 0 Å². The Kier molecular flexibility index (Phi) is 4.09. The second-order valence-electron chi connectivity index (χ2n) is 3.98. The van der Waals surface area contributed by atoms with E-state index in [0.29, 0.717) is 50.7 Å². The van der Waals surface area contributed by atoms with Gasteiger partial charge in [-0.3, -0.25) is 4.79 Å². The fraction of sp³-hybridized carbons (Fsp3) is 0.583. The maximum atomic E-state index is 12.1. The molecule has 2 rings (SSSR count). The van der Waals surface area contributed by atoms with Crippen LogP contribution in [0.15, 0.2) is 16.8 Å². The number of carbonyl (C=O) groups is 2. The number of allylic oxidation sites excluding steroid dienone is 1. The highest BCUT2D eigenvalue weighted by atomic mass is 16.5. The molecule has 0 bridgehead atoms. The summed E-state index contributed by atoms with van der Waals surface area (Å²) in [4.78, 5) is 29.3. The number of ether oxygens (including phenoxy) is 2. The minimum Gasteiger partial charge on any atom is -0.461 e. The molecule has 2 aliphatic heterocycles. The zero-order valence-corrected chi connectivity index (χ0v) is 10.3. The Morgan fingerprint density at radius 1 is 1.44 bits per heavy atom. The maximum Gasteiger partial charge on any atom is 0.352 e. The SMILES string of the molecule is CCOC(=O)C1=NC(C(=O)N2CCOCC2)=CC1. The Bertz CT molecular complexity index is 408. The van der Waals surface area contributed by atoms with E-state index in [9.17, 15) is 9.59 Å². The molecule has 1 saturated heterocycles. The molecule has 0 saturated carbocycles. The fourth-order valence-electron chi connectivity index (χ4n) is 1.84. The van der Waals surface area contributed by atoms with E-state index < -0.39 is 5.97 Å². The van der Waals surface area contributed by atoms with Gasteiger partial charge in [-0.25, -0.2) is 9.79 Å². The van der Waals surface area contributed by atoms with Gasteiger partial charge in [0.2, 0.25) is 0 Å². The van der Waals surface area contributed by atoms with Crippen LogP contribution in [0.1, 0.15) is 13.3 Å². The monoisotopic (exact) mass is 252 g/mol. The third-order valence-corrected chi connectivity index (χ3v) is 2.77. The number of rotatable bonds is 3. The summed E-state index contributed by atoms with van der Waals surface area (Å²) >= 11 is 0. The zero-order chi connectivity index (χ0) is 13.0. The standard InChI is InChI=1S/C12H16N2O4/c1-2-18-12(16)10-4-3-9(13-10)11(15)14-5-7-17-8-6-14/h3H,2,4-8H2,1H3. The first-order valence-corrected chi connectivity index (χ1v) is 6.04. The van der Waals surface area contributed by atoms with Gasteiger partial charge >= 0.3 is 5.97 Å². The van der Waals surface area contributed by atoms with Gasteiger partial charge in [0.05, 0.1) is 19.8 Å². The average Bonchev–Trinajstić information content (AvgIpc) is 2.89. The predicted molar refractivity (Wildman–Crippen MR) is 64.2 cm³/mol. The number of carbonyl (C=O) groups excluding carboxylic acids is 2. The Hall–Kier alpha value is -1.69. The van der Waals surface area contributed by atoms with Gasteiger partial charge in [-0.1, -0.05) is 0 Å². The number of nitrogens with zero attached hydrogens (tertiary/aromatic N) is 2. The number of aliphatic imine (C=N–C) groups is 1.